The average Bonchev–Trinajstić information content (AvgIpc) is 3.74. The maximum atomic E-state index is 13.8. The molecule has 7 atom stereocenters. The van der Waals surface area contributed by atoms with Crippen molar-refractivity contribution in [1.82, 2.24) is 4.90 Å². The van der Waals surface area contributed by atoms with E-state index in [4.69, 9.17) is 4.74 Å². The normalized spacial score (nSPS) is 28.2. The van der Waals surface area contributed by atoms with Crippen molar-refractivity contribution < 1.29 is 19.1 Å². The molecule has 3 amide bonds. The lowest BCUT2D eigenvalue weighted by Gasteiger charge is -2.37. The number of allylic oxidation sites excluding steroid dienone is 2. The molecule has 4 aliphatic carbocycles. The molecule has 8 rings (SSSR count). The standard InChI is InChI=1S/C34H32N2O4/c1-19-7-6-8-20(2)31(19)40-23-13-11-22(12-14-23)35-32(37)28(17-21-9-4-3-5-10-21)36-33(38)29-24-15-16-25(27-18-26(24)27)30(29)34(36)39/h3-16,24-30H,17-18H2,1-2H3,(H,35,37)/t24-,25-,26-,27+,28-,29+,30+/m1/s1. The van der Waals surface area contributed by atoms with Crippen molar-refractivity contribution in [2.75, 3.05) is 5.32 Å². The molecule has 1 saturated heterocycles. The van der Waals surface area contributed by atoms with Crippen LogP contribution in [0.1, 0.15) is 23.1 Å². The summed E-state index contributed by atoms with van der Waals surface area (Å²) in [6.45, 7) is 4.01. The van der Waals surface area contributed by atoms with Crippen LogP contribution in [0.25, 0.3) is 0 Å². The number of hydrogen-bond acceptors (Lipinski definition) is 4. The van der Waals surface area contributed by atoms with E-state index >= 15 is 0 Å². The Morgan fingerprint density at radius 3 is 2.05 bits per heavy atom. The Morgan fingerprint density at radius 1 is 0.850 bits per heavy atom. The highest BCUT2D eigenvalue weighted by Gasteiger charge is 2.67. The summed E-state index contributed by atoms with van der Waals surface area (Å²) in [6, 6.07) is 21.9. The van der Waals surface area contributed by atoms with Crippen LogP contribution in [-0.4, -0.2) is 28.7 Å². The fourth-order valence-corrected chi connectivity index (χ4v) is 7.34. The van der Waals surface area contributed by atoms with Crippen LogP contribution in [0.2, 0.25) is 0 Å². The van der Waals surface area contributed by atoms with Gasteiger partial charge in [0.2, 0.25) is 17.7 Å². The maximum absolute atomic E-state index is 13.8. The number of carbonyl (C=O) groups excluding carboxylic acids is 3. The van der Waals surface area contributed by atoms with Gasteiger partial charge in [0, 0.05) is 12.1 Å². The van der Waals surface area contributed by atoms with E-state index in [0.717, 1.165) is 28.9 Å². The molecule has 0 aromatic heterocycles. The number of ether oxygens (including phenoxy) is 1. The fraction of sp³-hybridized carbons (Fsp3) is 0.324. The summed E-state index contributed by atoms with van der Waals surface area (Å²) in [5.41, 5.74) is 3.57. The van der Waals surface area contributed by atoms with Crippen LogP contribution < -0.4 is 10.1 Å². The summed E-state index contributed by atoms with van der Waals surface area (Å²) in [4.78, 5) is 42.8. The summed E-state index contributed by atoms with van der Waals surface area (Å²) >= 11 is 0. The van der Waals surface area contributed by atoms with Gasteiger partial charge < -0.3 is 10.1 Å². The smallest absolute Gasteiger partial charge is 0.248 e. The van der Waals surface area contributed by atoms with E-state index in [2.05, 4.69) is 17.5 Å². The van der Waals surface area contributed by atoms with Crippen LogP contribution in [-0.2, 0) is 20.8 Å². The van der Waals surface area contributed by atoms with E-state index in [0.29, 0.717) is 23.3 Å². The monoisotopic (exact) mass is 532 g/mol. The molecule has 1 heterocycles. The number of carbonyl (C=O) groups is 3. The Labute approximate surface area is 234 Å². The quantitative estimate of drug-likeness (QED) is 0.313. The van der Waals surface area contributed by atoms with Gasteiger partial charge in [-0.25, -0.2) is 0 Å². The minimum atomic E-state index is -0.922. The summed E-state index contributed by atoms with van der Waals surface area (Å²) in [5, 5.41) is 2.97. The molecule has 2 saturated carbocycles. The lowest BCUT2D eigenvalue weighted by molar-refractivity contribution is -0.146. The molecule has 3 fully saturated rings. The first-order chi connectivity index (χ1) is 19.4. The lowest BCUT2D eigenvalue weighted by atomic mass is 9.63. The van der Waals surface area contributed by atoms with Crippen LogP contribution in [0.3, 0.4) is 0 Å². The number of likely N-dealkylation sites (tertiary alicyclic amines) is 1. The van der Waals surface area contributed by atoms with Gasteiger partial charge in [0.05, 0.1) is 11.8 Å². The van der Waals surface area contributed by atoms with Gasteiger partial charge in [-0.1, -0.05) is 60.7 Å². The van der Waals surface area contributed by atoms with Gasteiger partial charge in [0.15, 0.2) is 0 Å². The molecule has 1 N–H and O–H groups in total. The number of amides is 3. The highest BCUT2D eigenvalue weighted by Crippen LogP contribution is 2.65. The predicted molar refractivity (Wildman–Crippen MR) is 152 cm³/mol. The number of benzene rings is 3. The molecule has 5 aliphatic rings. The Kier molecular flexibility index (Phi) is 5.88. The topological polar surface area (TPSA) is 75.7 Å². The molecular formula is C34H32N2O4. The second-order valence-corrected chi connectivity index (χ2v) is 11.7. The van der Waals surface area contributed by atoms with E-state index in [1.807, 2.05) is 74.5 Å². The molecule has 0 spiro atoms. The maximum Gasteiger partial charge on any atom is 0.248 e. The summed E-state index contributed by atoms with van der Waals surface area (Å²) in [7, 11) is 0. The molecule has 0 unspecified atom stereocenters. The van der Waals surface area contributed by atoms with Gasteiger partial charge >= 0.3 is 0 Å². The van der Waals surface area contributed by atoms with Crippen molar-refractivity contribution in [2.24, 2.45) is 35.5 Å². The zero-order valence-corrected chi connectivity index (χ0v) is 22.6. The minimum Gasteiger partial charge on any atom is -0.457 e. The number of hydrogen-bond donors (Lipinski definition) is 1. The summed E-state index contributed by atoms with van der Waals surface area (Å²) in [5.74, 6) is 1.33. The summed E-state index contributed by atoms with van der Waals surface area (Å²) < 4.78 is 6.11. The van der Waals surface area contributed by atoms with E-state index in [1.165, 1.54) is 4.90 Å². The second kappa shape index (κ2) is 9.47. The fourth-order valence-electron chi connectivity index (χ4n) is 7.34. The van der Waals surface area contributed by atoms with Crippen molar-refractivity contribution in [1.29, 1.82) is 0 Å². The van der Waals surface area contributed by atoms with Crippen molar-refractivity contribution >= 4 is 23.4 Å². The van der Waals surface area contributed by atoms with Crippen LogP contribution in [0.15, 0.2) is 84.9 Å². The first-order valence-electron chi connectivity index (χ1n) is 14.1. The zero-order chi connectivity index (χ0) is 27.5. The zero-order valence-electron chi connectivity index (χ0n) is 22.6. The largest absolute Gasteiger partial charge is 0.457 e. The van der Waals surface area contributed by atoms with Gasteiger partial charge in [-0.3, -0.25) is 19.3 Å². The Balaban J connectivity index is 1.13. The molecule has 0 radical (unpaired) electrons. The third kappa shape index (κ3) is 4.05. The highest BCUT2D eigenvalue weighted by atomic mass is 16.5. The molecule has 3 aromatic rings. The molecule has 1 aliphatic heterocycles. The first kappa shape index (κ1) is 24.8. The number of rotatable bonds is 7. The molecule has 6 nitrogen and oxygen atoms in total. The predicted octanol–water partition coefficient (Wildman–Crippen LogP) is 5.70. The van der Waals surface area contributed by atoms with Gasteiger partial charge in [-0.05, 0) is 84.9 Å². The van der Waals surface area contributed by atoms with Crippen molar-refractivity contribution in [3.8, 4) is 11.5 Å². The van der Waals surface area contributed by atoms with Gasteiger partial charge in [-0.15, -0.1) is 0 Å². The van der Waals surface area contributed by atoms with Crippen LogP contribution in [0.4, 0.5) is 5.69 Å². The van der Waals surface area contributed by atoms with Gasteiger partial charge in [0.25, 0.3) is 0 Å². The van der Waals surface area contributed by atoms with Crippen LogP contribution in [0.5, 0.6) is 11.5 Å². The molecule has 3 aromatic carbocycles. The highest BCUT2D eigenvalue weighted by molar-refractivity contribution is 6.10. The molecule has 40 heavy (non-hydrogen) atoms. The van der Waals surface area contributed by atoms with E-state index in [-0.39, 0.29) is 47.8 Å². The number of nitrogens with zero attached hydrogens (tertiary/aromatic N) is 1. The number of aryl methyl sites for hydroxylation is 2. The minimum absolute atomic E-state index is 0.117. The summed E-state index contributed by atoms with van der Waals surface area (Å²) in [6.07, 6.45) is 5.69. The van der Waals surface area contributed by atoms with Gasteiger partial charge in [-0.2, -0.15) is 0 Å². The van der Waals surface area contributed by atoms with Crippen molar-refractivity contribution in [2.45, 2.75) is 32.7 Å². The molecule has 202 valence electrons. The lowest BCUT2D eigenvalue weighted by Crippen LogP contribution is -2.49. The Morgan fingerprint density at radius 2 is 1.45 bits per heavy atom. The molecule has 2 bridgehead atoms. The van der Waals surface area contributed by atoms with Crippen molar-refractivity contribution in [3.05, 3.63) is 102 Å². The average molecular weight is 533 g/mol. The number of nitrogens with one attached hydrogen (secondary N) is 1. The number of imide groups is 1. The van der Waals surface area contributed by atoms with Crippen molar-refractivity contribution in [3.63, 3.8) is 0 Å². The molecule has 6 heteroatoms. The Hall–Kier alpha value is -4.19. The SMILES string of the molecule is Cc1cccc(C)c1Oc1ccc(NC(=O)[C@@H](Cc2ccccc2)N2C(=O)[C@H]3[C@@H]4C=C[C@H]([C@@H]5C[C@H]45)[C@@H]3C2=O)cc1. The van der Waals surface area contributed by atoms with Gasteiger partial charge in [0.1, 0.15) is 17.5 Å². The number of anilines is 1. The van der Waals surface area contributed by atoms with Crippen LogP contribution >= 0.6 is 0 Å². The third-order valence-corrected chi connectivity index (χ3v) is 9.33. The molecular weight excluding hydrogens is 500 g/mol. The third-order valence-electron chi connectivity index (χ3n) is 9.33. The number of para-hydroxylation sites is 1. The van der Waals surface area contributed by atoms with E-state index in [9.17, 15) is 14.4 Å². The second-order valence-electron chi connectivity index (χ2n) is 11.7. The Bertz CT molecular complexity index is 1470. The van der Waals surface area contributed by atoms with E-state index < -0.39 is 6.04 Å². The first-order valence-corrected chi connectivity index (χ1v) is 14.1. The van der Waals surface area contributed by atoms with E-state index in [1.54, 1.807) is 12.1 Å². The van der Waals surface area contributed by atoms with Crippen LogP contribution in [0, 0.1) is 49.4 Å².